The van der Waals surface area contributed by atoms with Gasteiger partial charge in [0, 0.05) is 45.3 Å². The van der Waals surface area contributed by atoms with Crippen LogP contribution >= 0.6 is 0 Å². The molecular weight excluding hydrogens is 366 g/mol. The van der Waals surface area contributed by atoms with Gasteiger partial charge < -0.3 is 14.7 Å². The van der Waals surface area contributed by atoms with Crippen molar-refractivity contribution in [3.63, 3.8) is 0 Å². The maximum absolute atomic E-state index is 13.0. The molecule has 4 rings (SSSR count). The van der Waals surface area contributed by atoms with Gasteiger partial charge in [-0.05, 0) is 38.7 Å². The highest BCUT2D eigenvalue weighted by molar-refractivity contribution is 5.94. The monoisotopic (exact) mass is 393 g/mol. The van der Waals surface area contributed by atoms with Crippen molar-refractivity contribution in [1.29, 1.82) is 0 Å². The quantitative estimate of drug-likeness (QED) is 0.672. The van der Waals surface area contributed by atoms with Gasteiger partial charge in [-0.2, -0.15) is 5.10 Å². The largest absolute Gasteiger partial charge is 0.352 e. The second-order valence-corrected chi connectivity index (χ2v) is 7.82. The molecular formula is C21H27N7O. The maximum Gasteiger partial charge on any atom is 0.253 e. The van der Waals surface area contributed by atoms with Gasteiger partial charge >= 0.3 is 0 Å². The van der Waals surface area contributed by atoms with Crippen LogP contribution in [0.1, 0.15) is 21.7 Å². The average molecular weight is 393 g/mol. The van der Waals surface area contributed by atoms with Crippen molar-refractivity contribution < 1.29 is 4.79 Å². The van der Waals surface area contributed by atoms with E-state index in [4.69, 9.17) is 0 Å². The summed E-state index contributed by atoms with van der Waals surface area (Å²) in [7, 11) is 5.95. The van der Waals surface area contributed by atoms with Gasteiger partial charge in [-0.25, -0.2) is 9.97 Å². The first kappa shape index (κ1) is 19.3. The molecule has 0 spiro atoms. The molecule has 3 aromatic rings. The molecule has 0 unspecified atom stereocenters. The smallest absolute Gasteiger partial charge is 0.253 e. The zero-order valence-electron chi connectivity index (χ0n) is 17.5. The van der Waals surface area contributed by atoms with E-state index in [0.29, 0.717) is 13.1 Å². The molecule has 2 aromatic heterocycles. The number of amides is 1. The van der Waals surface area contributed by atoms with Crippen LogP contribution in [0.25, 0.3) is 11.0 Å². The van der Waals surface area contributed by atoms with Gasteiger partial charge in [-0.15, -0.1) is 0 Å². The summed E-state index contributed by atoms with van der Waals surface area (Å²) in [5.41, 5.74) is 2.74. The maximum atomic E-state index is 13.0. The highest BCUT2D eigenvalue weighted by Gasteiger charge is 2.25. The average Bonchev–Trinajstić information content (AvgIpc) is 3.07. The van der Waals surface area contributed by atoms with Crippen LogP contribution in [0.5, 0.6) is 0 Å². The predicted octanol–water partition coefficient (Wildman–Crippen LogP) is 1.70. The van der Waals surface area contributed by atoms with Gasteiger partial charge in [0.25, 0.3) is 5.91 Å². The number of benzene rings is 1. The Morgan fingerprint density at radius 1 is 1.14 bits per heavy atom. The van der Waals surface area contributed by atoms with Crippen molar-refractivity contribution in [2.45, 2.75) is 13.5 Å². The summed E-state index contributed by atoms with van der Waals surface area (Å²) in [6.45, 7) is 5.54. The van der Waals surface area contributed by atoms with E-state index < -0.39 is 0 Å². The van der Waals surface area contributed by atoms with E-state index >= 15 is 0 Å². The van der Waals surface area contributed by atoms with Gasteiger partial charge in [-0.3, -0.25) is 9.48 Å². The zero-order valence-corrected chi connectivity index (χ0v) is 17.5. The molecule has 0 saturated carbocycles. The molecule has 1 aliphatic rings. The van der Waals surface area contributed by atoms with E-state index in [-0.39, 0.29) is 5.91 Å². The number of piperazine rings is 1. The topological polar surface area (TPSA) is 70.4 Å². The molecule has 1 amide bonds. The molecule has 1 saturated heterocycles. The lowest BCUT2D eigenvalue weighted by atomic mass is 10.1. The van der Waals surface area contributed by atoms with Gasteiger partial charge in [0.15, 0.2) is 5.65 Å². The normalized spacial score (nSPS) is 14.8. The van der Waals surface area contributed by atoms with E-state index in [0.717, 1.165) is 53.4 Å². The van der Waals surface area contributed by atoms with Crippen molar-refractivity contribution in [3.8, 4) is 0 Å². The van der Waals surface area contributed by atoms with Crippen LogP contribution in [-0.4, -0.2) is 75.7 Å². The highest BCUT2D eigenvalue weighted by Crippen LogP contribution is 2.24. The molecule has 29 heavy (non-hydrogen) atoms. The number of hydrogen-bond donors (Lipinski definition) is 0. The van der Waals surface area contributed by atoms with E-state index in [9.17, 15) is 4.79 Å². The standard InChI is InChI=1S/C21H27N7O/c1-15-23-19-18(13-22-26(19)4)20(24-15)27-8-10-28(11-9-27)21(29)17-7-5-6-16(12-17)14-25(2)3/h5-7,12-13H,8-11,14H2,1-4H3. The van der Waals surface area contributed by atoms with Crippen LogP contribution < -0.4 is 4.90 Å². The van der Waals surface area contributed by atoms with Crippen LogP contribution in [0.15, 0.2) is 30.5 Å². The molecule has 0 atom stereocenters. The number of aryl methyl sites for hydroxylation is 2. The summed E-state index contributed by atoms with van der Waals surface area (Å²) in [5.74, 6) is 1.73. The number of carbonyl (C=O) groups excluding carboxylic acids is 1. The Bertz CT molecular complexity index is 1030. The molecule has 1 aromatic carbocycles. The first-order chi connectivity index (χ1) is 13.9. The Hall–Kier alpha value is -3.00. The number of rotatable bonds is 4. The Morgan fingerprint density at radius 3 is 2.62 bits per heavy atom. The van der Waals surface area contributed by atoms with Crippen molar-refractivity contribution in [1.82, 2.24) is 29.5 Å². The molecule has 152 valence electrons. The van der Waals surface area contributed by atoms with Crippen molar-refractivity contribution >= 4 is 22.8 Å². The molecule has 8 nitrogen and oxygen atoms in total. The van der Waals surface area contributed by atoms with Crippen LogP contribution in [0.2, 0.25) is 0 Å². The van der Waals surface area contributed by atoms with E-state index in [1.54, 1.807) is 4.68 Å². The number of nitrogens with zero attached hydrogens (tertiary/aromatic N) is 7. The van der Waals surface area contributed by atoms with Gasteiger partial charge in [0.1, 0.15) is 11.6 Å². The first-order valence-electron chi connectivity index (χ1n) is 9.86. The van der Waals surface area contributed by atoms with Crippen LogP contribution in [0, 0.1) is 6.92 Å². The van der Waals surface area contributed by atoms with Crippen molar-refractivity contribution in [2.75, 3.05) is 45.2 Å². The second kappa shape index (κ2) is 7.79. The van der Waals surface area contributed by atoms with E-state index in [1.807, 2.05) is 57.4 Å². The summed E-state index contributed by atoms with van der Waals surface area (Å²) >= 11 is 0. The van der Waals surface area contributed by atoms with E-state index in [1.165, 1.54) is 0 Å². The predicted molar refractivity (Wildman–Crippen MR) is 113 cm³/mol. The Labute approximate surface area is 170 Å². The number of carbonyl (C=O) groups is 1. The molecule has 1 fully saturated rings. The third-order valence-electron chi connectivity index (χ3n) is 5.22. The summed E-state index contributed by atoms with van der Waals surface area (Å²) in [6, 6.07) is 7.93. The third kappa shape index (κ3) is 3.93. The SMILES string of the molecule is Cc1nc(N2CCN(C(=O)c3cccc(CN(C)C)c3)CC2)c2cnn(C)c2n1. The molecule has 8 heteroatoms. The van der Waals surface area contributed by atoms with Crippen LogP contribution in [0.4, 0.5) is 5.82 Å². The summed E-state index contributed by atoms with van der Waals surface area (Å²) in [5, 5.41) is 5.28. The Morgan fingerprint density at radius 2 is 1.90 bits per heavy atom. The fraction of sp³-hybridized carbons (Fsp3) is 0.429. The summed E-state index contributed by atoms with van der Waals surface area (Å²) < 4.78 is 1.77. The molecule has 1 aliphatic heterocycles. The highest BCUT2D eigenvalue weighted by atomic mass is 16.2. The molecule has 0 radical (unpaired) electrons. The lowest BCUT2D eigenvalue weighted by Crippen LogP contribution is -2.49. The van der Waals surface area contributed by atoms with Gasteiger partial charge in [-0.1, -0.05) is 12.1 Å². The van der Waals surface area contributed by atoms with Crippen molar-refractivity contribution in [3.05, 3.63) is 47.4 Å². The molecule has 3 heterocycles. The minimum absolute atomic E-state index is 0.0932. The fourth-order valence-corrected chi connectivity index (χ4v) is 3.83. The number of aromatic nitrogens is 4. The second-order valence-electron chi connectivity index (χ2n) is 7.82. The fourth-order valence-electron chi connectivity index (χ4n) is 3.83. The number of fused-ring (bicyclic) bond motifs is 1. The first-order valence-corrected chi connectivity index (χ1v) is 9.86. The Kier molecular flexibility index (Phi) is 5.19. The lowest BCUT2D eigenvalue weighted by molar-refractivity contribution is 0.0746. The minimum atomic E-state index is 0.0932. The molecule has 0 bridgehead atoms. The molecule has 0 N–H and O–H groups in total. The van der Waals surface area contributed by atoms with Gasteiger partial charge in [0.2, 0.25) is 0 Å². The van der Waals surface area contributed by atoms with Gasteiger partial charge in [0.05, 0.1) is 11.6 Å². The zero-order chi connectivity index (χ0) is 20.5. The van der Waals surface area contributed by atoms with Crippen LogP contribution in [0.3, 0.4) is 0 Å². The summed E-state index contributed by atoms with van der Waals surface area (Å²) in [4.78, 5) is 28.4. The van der Waals surface area contributed by atoms with Crippen LogP contribution in [-0.2, 0) is 13.6 Å². The number of hydrogen-bond acceptors (Lipinski definition) is 6. The third-order valence-corrected chi connectivity index (χ3v) is 5.22. The van der Waals surface area contributed by atoms with Crippen molar-refractivity contribution in [2.24, 2.45) is 7.05 Å². The Balaban J connectivity index is 1.48. The lowest BCUT2D eigenvalue weighted by Gasteiger charge is -2.35. The number of anilines is 1. The molecule has 0 aliphatic carbocycles. The summed E-state index contributed by atoms with van der Waals surface area (Å²) in [6.07, 6.45) is 1.82. The minimum Gasteiger partial charge on any atom is -0.352 e. The van der Waals surface area contributed by atoms with E-state index in [2.05, 4.69) is 30.9 Å².